The third-order valence-corrected chi connectivity index (χ3v) is 4.81. The van der Waals surface area contributed by atoms with Gasteiger partial charge in [-0.1, -0.05) is 25.7 Å². The van der Waals surface area contributed by atoms with E-state index in [9.17, 15) is 0 Å². The monoisotopic (exact) mass is 239 g/mol. The highest BCUT2D eigenvalue weighted by Gasteiger charge is 2.34. The molecule has 0 aliphatic heterocycles. The van der Waals surface area contributed by atoms with Crippen LogP contribution in [-0.4, -0.2) is 18.8 Å². The van der Waals surface area contributed by atoms with E-state index in [1.165, 1.54) is 44.9 Å². The fourth-order valence-electron chi connectivity index (χ4n) is 3.74. The van der Waals surface area contributed by atoms with Gasteiger partial charge >= 0.3 is 0 Å². The van der Waals surface area contributed by atoms with Crippen LogP contribution in [0.2, 0.25) is 0 Å². The molecule has 0 saturated heterocycles. The molecule has 2 heteroatoms. The van der Waals surface area contributed by atoms with Crippen molar-refractivity contribution in [1.82, 2.24) is 0 Å². The first-order chi connectivity index (χ1) is 8.16. The van der Waals surface area contributed by atoms with Crippen molar-refractivity contribution >= 4 is 0 Å². The molecule has 2 N–H and O–H groups in total. The lowest BCUT2D eigenvalue weighted by molar-refractivity contribution is 0.0380. The smallest absolute Gasteiger partial charge is 0.0623 e. The molecule has 0 radical (unpaired) electrons. The molecular formula is C15H29NO. The molecule has 4 unspecified atom stereocenters. The van der Waals surface area contributed by atoms with Crippen molar-refractivity contribution in [1.29, 1.82) is 0 Å². The lowest BCUT2D eigenvalue weighted by Crippen LogP contribution is -2.40. The molecule has 2 aliphatic rings. The van der Waals surface area contributed by atoms with Crippen molar-refractivity contribution in [2.24, 2.45) is 23.5 Å². The second-order valence-electron chi connectivity index (χ2n) is 6.42. The minimum Gasteiger partial charge on any atom is -0.377 e. The Morgan fingerprint density at radius 2 is 1.76 bits per heavy atom. The van der Waals surface area contributed by atoms with Crippen molar-refractivity contribution < 1.29 is 4.74 Å². The number of ether oxygens (including phenoxy) is 1. The van der Waals surface area contributed by atoms with Gasteiger partial charge in [0.2, 0.25) is 0 Å². The normalized spacial score (nSPS) is 35.6. The summed E-state index contributed by atoms with van der Waals surface area (Å²) < 4.78 is 5.67. The van der Waals surface area contributed by atoms with E-state index in [2.05, 4.69) is 13.8 Å². The van der Waals surface area contributed by atoms with E-state index >= 15 is 0 Å². The quantitative estimate of drug-likeness (QED) is 0.816. The van der Waals surface area contributed by atoms with Gasteiger partial charge in [-0.2, -0.15) is 0 Å². The van der Waals surface area contributed by atoms with E-state index in [1.54, 1.807) is 0 Å². The molecular weight excluding hydrogens is 210 g/mol. The number of hydrogen-bond donors (Lipinski definition) is 1. The summed E-state index contributed by atoms with van der Waals surface area (Å²) in [4.78, 5) is 0. The highest BCUT2D eigenvalue weighted by Crippen LogP contribution is 2.43. The van der Waals surface area contributed by atoms with Crippen molar-refractivity contribution in [2.45, 2.75) is 70.9 Å². The van der Waals surface area contributed by atoms with Crippen LogP contribution in [0.4, 0.5) is 0 Å². The zero-order chi connectivity index (χ0) is 12.3. The standard InChI is InChI=1S/C15H29NO/c1-11(2)17-10-15(16)14-8-7-12-5-3-4-6-13(12)9-14/h11-15H,3-10,16H2,1-2H3. The van der Waals surface area contributed by atoms with Gasteiger partial charge in [0.25, 0.3) is 0 Å². The molecule has 2 aliphatic carbocycles. The van der Waals surface area contributed by atoms with Crippen LogP contribution >= 0.6 is 0 Å². The highest BCUT2D eigenvalue weighted by atomic mass is 16.5. The summed E-state index contributed by atoms with van der Waals surface area (Å²) in [6.45, 7) is 4.93. The number of nitrogens with two attached hydrogens (primary N) is 1. The molecule has 2 rings (SSSR count). The predicted octanol–water partition coefficient (Wildman–Crippen LogP) is 3.35. The fraction of sp³-hybridized carbons (Fsp3) is 1.00. The Labute approximate surface area is 106 Å². The average Bonchev–Trinajstić information content (AvgIpc) is 2.35. The van der Waals surface area contributed by atoms with Gasteiger partial charge in [-0.3, -0.25) is 0 Å². The van der Waals surface area contributed by atoms with Gasteiger partial charge in [0.1, 0.15) is 0 Å². The summed E-state index contributed by atoms with van der Waals surface area (Å²) in [6, 6.07) is 0.264. The molecule has 0 heterocycles. The lowest BCUT2D eigenvalue weighted by Gasteiger charge is -2.41. The molecule has 0 bridgehead atoms. The van der Waals surface area contributed by atoms with Crippen LogP contribution < -0.4 is 5.73 Å². The Hall–Kier alpha value is -0.0800. The maximum atomic E-state index is 6.29. The molecule has 0 amide bonds. The van der Waals surface area contributed by atoms with Crippen LogP contribution in [0, 0.1) is 17.8 Å². The molecule has 4 atom stereocenters. The van der Waals surface area contributed by atoms with Gasteiger partial charge in [-0.15, -0.1) is 0 Å². The van der Waals surface area contributed by atoms with Crippen molar-refractivity contribution in [3.8, 4) is 0 Å². The largest absolute Gasteiger partial charge is 0.377 e. The third kappa shape index (κ3) is 3.69. The van der Waals surface area contributed by atoms with E-state index in [0.717, 1.165) is 18.4 Å². The van der Waals surface area contributed by atoms with Gasteiger partial charge in [0.15, 0.2) is 0 Å². The molecule has 2 saturated carbocycles. The zero-order valence-corrected chi connectivity index (χ0v) is 11.5. The summed E-state index contributed by atoms with van der Waals surface area (Å²) in [5, 5.41) is 0. The number of fused-ring (bicyclic) bond motifs is 1. The average molecular weight is 239 g/mol. The Bertz CT molecular complexity index is 229. The van der Waals surface area contributed by atoms with E-state index in [4.69, 9.17) is 10.5 Å². The van der Waals surface area contributed by atoms with Crippen LogP contribution in [0.25, 0.3) is 0 Å². The molecule has 2 fully saturated rings. The first-order valence-corrected chi connectivity index (χ1v) is 7.54. The zero-order valence-electron chi connectivity index (χ0n) is 11.5. The third-order valence-electron chi connectivity index (χ3n) is 4.81. The maximum Gasteiger partial charge on any atom is 0.0623 e. The molecule has 0 spiro atoms. The summed E-state index contributed by atoms with van der Waals surface area (Å²) in [7, 11) is 0. The van der Waals surface area contributed by atoms with Crippen LogP contribution in [0.15, 0.2) is 0 Å². The summed E-state index contributed by atoms with van der Waals surface area (Å²) >= 11 is 0. The Balaban J connectivity index is 1.78. The molecule has 100 valence electrons. The minimum absolute atomic E-state index is 0.264. The van der Waals surface area contributed by atoms with Gasteiger partial charge in [-0.05, 0) is 50.9 Å². The van der Waals surface area contributed by atoms with Crippen LogP contribution in [0.5, 0.6) is 0 Å². The second kappa shape index (κ2) is 6.19. The SMILES string of the molecule is CC(C)OCC(N)C1CCC2CCCCC2C1. The Kier molecular flexibility index (Phi) is 4.87. The van der Waals surface area contributed by atoms with Crippen LogP contribution in [0.3, 0.4) is 0 Å². The van der Waals surface area contributed by atoms with Crippen molar-refractivity contribution in [3.63, 3.8) is 0 Å². The maximum absolute atomic E-state index is 6.29. The molecule has 0 aromatic carbocycles. The van der Waals surface area contributed by atoms with E-state index in [1.807, 2.05) is 0 Å². The number of rotatable bonds is 4. The summed E-state index contributed by atoms with van der Waals surface area (Å²) in [5.74, 6) is 2.72. The van der Waals surface area contributed by atoms with Gasteiger partial charge < -0.3 is 10.5 Å². The Morgan fingerprint density at radius 1 is 1.06 bits per heavy atom. The van der Waals surface area contributed by atoms with Gasteiger partial charge in [0, 0.05) is 6.04 Å². The van der Waals surface area contributed by atoms with Crippen LogP contribution in [0.1, 0.15) is 58.8 Å². The summed E-state index contributed by atoms with van der Waals surface area (Å²) in [5.41, 5.74) is 6.29. The minimum atomic E-state index is 0.264. The van der Waals surface area contributed by atoms with Gasteiger partial charge in [-0.25, -0.2) is 0 Å². The van der Waals surface area contributed by atoms with E-state index < -0.39 is 0 Å². The van der Waals surface area contributed by atoms with Crippen LogP contribution in [-0.2, 0) is 4.74 Å². The van der Waals surface area contributed by atoms with E-state index in [0.29, 0.717) is 12.0 Å². The fourth-order valence-corrected chi connectivity index (χ4v) is 3.74. The topological polar surface area (TPSA) is 35.2 Å². The lowest BCUT2D eigenvalue weighted by atomic mass is 9.66. The second-order valence-corrected chi connectivity index (χ2v) is 6.42. The van der Waals surface area contributed by atoms with Crippen molar-refractivity contribution in [3.05, 3.63) is 0 Å². The highest BCUT2D eigenvalue weighted by molar-refractivity contribution is 4.87. The number of hydrogen-bond acceptors (Lipinski definition) is 2. The first-order valence-electron chi connectivity index (χ1n) is 7.54. The van der Waals surface area contributed by atoms with E-state index in [-0.39, 0.29) is 6.04 Å². The molecule has 0 aromatic rings. The van der Waals surface area contributed by atoms with Gasteiger partial charge in [0.05, 0.1) is 12.7 Å². The Morgan fingerprint density at radius 3 is 2.47 bits per heavy atom. The predicted molar refractivity (Wildman–Crippen MR) is 71.9 cm³/mol. The summed E-state index contributed by atoms with van der Waals surface area (Å²) in [6.07, 6.45) is 10.3. The van der Waals surface area contributed by atoms with Crippen molar-refractivity contribution in [2.75, 3.05) is 6.61 Å². The molecule has 17 heavy (non-hydrogen) atoms. The first kappa shape index (κ1) is 13.4. The molecule has 2 nitrogen and oxygen atoms in total. The molecule has 0 aromatic heterocycles.